The Balaban J connectivity index is 1.63. The molecule has 5 amide bonds. The van der Waals surface area contributed by atoms with Crippen molar-refractivity contribution in [2.45, 2.75) is 32.4 Å². The average molecular weight is 628 g/mol. The highest BCUT2D eigenvalue weighted by Crippen LogP contribution is 2.42. The van der Waals surface area contributed by atoms with Gasteiger partial charge >= 0.3 is 12.0 Å². The fraction of sp³-hybridized carbons (Fsp3) is 0.265. The molecule has 0 aliphatic carbocycles. The molecule has 0 unspecified atom stereocenters. The van der Waals surface area contributed by atoms with Crippen molar-refractivity contribution in [2.75, 3.05) is 27.9 Å². The summed E-state index contributed by atoms with van der Waals surface area (Å²) in [7, 11) is 4.31. The zero-order valence-corrected chi connectivity index (χ0v) is 26.0. The van der Waals surface area contributed by atoms with Crippen LogP contribution < -0.4 is 19.5 Å². The maximum absolute atomic E-state index is 14.5. The number of esters is 1. The molecule has 2 aliphatic heterocycles. The molecule has 46 heavy (non-hydrogen) atoms. The van der Waals surface area contributed by atoms with E-state index < -0.39 is 41.8 Å². The highest BCUT2D eigenvalue weighted by Gasteiger charge is 2.47. The van der Waals surface area contributed by atoms with Crippen LogP contribution in [0, 0.1) is 0 Å². The summed E-state index contributed by atoms with van der Waals surface area (Å²) in [5.41, 5.74) is 1.29. The van der Waals surface area contributed by atoms with Crippen LogP contribution in [0.1, 0.15) is 51.7 Å². The van der Waals surface area contributed by atoms with E-state index in [4.69, 9.17) is 18.9 Å². The first-order valence-corrected chi connectivity index (χ1v) is 14.5. The second kappa shape index (κ2) is 13.1. The van der Waals surface area contributed by atoms with Crippen molar-refractivity contribution < 1.29 is 42.9 Å². The molecule has 3 aromatic carbocycles. The van der Waals surface area contributed by atoms with E-state index in [0.717, 1.165) is 9.80 Å². The number of amides is 5. The van der Waals surface area contributed by atoms with E-state index in [9.17, 15) is 24.0 Å². The molecule has 3 aromatic rings. The molecule has 2 atom stereocenters. The number of hydrogen-bond acceptors (Lipinski definition) is 9. The minimum atomic E-state index is -1.42. The third-order valence-corrected chi connectivity index (χ3v) is 7.91. The van der Waals surface area contributed by atoms with E-state index in [0.29, 0.717) is 16.9 Å². The minimum Gasteiger partial charge on any atom is -0.493 e. The van der Waals surface area contributed by atoms with Crippen LogP contribution in [-0.4, -0.2) is 73.5 Å². The SMILES string of the molecule is CCOC(=O)C1=C(C)N(C(=O)[C@H](Cc2ccccc2)N2C(=O)c3ccccc3C2=O)C(=O)N[C@H]1c1cc(OC)c(OC)c(OC)c1. The lowest BCUT2D eigenvalue weighted by Crippen LogP contribution is -2.57. The standard InChI is InChI=1S/C34H33N3O9/c1-6-46-33(41)27-19(2)36(34(42)35-28(27)21-17-25(43-3)29(45-5)26(18-21)44-4)32(40)24(16-20-12-8-7-9-13-20)37-30(38)22-14-10-11-15-23(22)31(37)39/h7-15,17-18,24,28H,6,16H2,1-5H3,(H,35,42)/t24-,28-/m0/s1. The number of carbonyl (C=O) groups is 5. The summed E-state index contributed by atoms with van der Waals surface area (Å²) in [6, 6.07) is 14.9. The summed E-state index contributed by atoms with van der Waals surface area (Å²) in [6.45, 7) is 3.09. The highest BCUT2D eigenvalue weighted by atomic mass is 16.5. The van der Waals surface area contributed by atoms with Crippen molar-refractivity contribution in [3.05, 3.63) is 100 Å². The molecule has 12 nitrogen and oxygen atoms in total. The highest BCUT2D eigenvalue weighted by molar-refractivity contribution is 6.23. The van der Waals surface area contributed by atoms with E-state index in [1.165, 1.54) is 40.4 Å². The van der Waals surface area contributed by atoms with Gasteiger partial charge in [-0.1, -0.05) is 42.5 Å². The van der Waals surface area contributed by atoms with Gasteiger partial charge in [-0.3, -0.25) is 19.3 Å². The number of carbonyl (C=O) groups excluding carboxylic acids is 5. The predicted octanol–water partition coefficient (Wildman–Crippen LogP) is 4.05. The molecule has 0 bridgehead atoms. The minimum absolute atomic E-state index is 0.0190. The lowest BCUT2D eigenvalue weighted by molar-refractivity contribution is -0.139. The number of fused-ring (bicyclic) bond motifs is 1. The number of urea groups is 1. The number of allylic oxidation sites excluding steroid dienone is 1. The fourth-order valence-corrected chi connectivity index (χ4v) is 5.77. The van der Waals surface area contributed by atoms with Crippen LogP contribution in [0.2, 0.25) is 0 Å². The van der Waals surface area contributed by atoms with Crippen molar-refractivity contribution in [2.24, 2.45) is 0 Å². The normalized spacial score (nSPS) is 16.5. The number of nitrogens with one attached hydrogen (secondary N) is 1. The third-order valence-electron chi connectivity index (χ3n) is 7.91. The van der Waals surface area contributed by atoms with Crippen molar-refractivity contribution in [1.29, 1.82) is 0 Å². The van der Waals surface area contributed by atoms with Gasteiger partial charge in [-0.15, -0.1) is 0 Å². The van der Waals surface area contributed by atoms with Crippen LogP contribution in [0.25, 0.3) is 0 Å². The van der Waals surface area contributed by atoms with E-state index in [1.807, 2.05) is 0 Å². The zero-order chi connectivity index (χ0) is 33.1. The first-order chi connectivity index (χ1) is 22.2. The molecule has 1 N–H and O–H groups in total. The molecule has 0 aromatic heterocycles. The average Bonchev–Trinajstić information content (AvgIpc) is 3.31. The lowest BCUT2D eigenvalue weighted by Gasteiger charge is -2.37. The summed E-state index contributed by atoms with van der Waals surface area (Å²) < 4.78 is 21.7. The number of ether oxygens (including phenoxy) is 4. The topological polar surface area (TPSA) is 141 Å². The van der Waals surface area contributed by atoms with Crippen molar-refractivity contribution in [3.63, 3.8) is 0 Å². The van der Waals surface area contributed by atoms with Gasteiger partial charge in [0.25, 0.3) is 17.7 Å². The van der Waals surface area contributed by atoms with Crippen LogP contribution in [0.5, 0.6) is 17.2 Å². The third kappa shape index (κ3) is 5.53. The van der Waals surface area contributed by atoms with Crippen LogP contribution in [0.15, 0.2) is 78.0 Å². The number of rotatable bonds is 10. The Labute approximate surface area is 265 Å². The van der Waals surface area contributed by atoms with Gasteiger partial charge in [0.15, 0.2) is 11.5 Å². The summed E-state index contributed by atoms with van der Waals surface area (Å²) in [6.07, 6.45) is -0.0761. The first-order valence-electron chi connectivity index (χ1n) is 14.5. The van der Waals surface area contributed by atoms with Crippen molar-refractivity contribution >= 4 is 29.7 Å². The van der Waals surface area contributed by atoms with E-state index in [-0.39, 0.29) is 46.9 Å². The lowest BCUT2D eigenvalue weighted by atomic mass is 9.93. The van der Waals surface area contributed by atoms with E-state index in [1.54, 1.807) is 61.5 Å². The van der Waals surface area contributed by atoms with Gasteiger partial charge in [-0.25, -0.2) is 14.5 Å². The molecule has 2 heterocycles. The van der Waals surface area contributed by atoms with Crippen molar-refractivity contribution in [3.8, 4) is 17.2 Å². The van der Waals surface area contributed by atoms with Crippen LogP contribution >= 0.6 is 0 Å². The Morgan fingerprint density at radius 3 is 1.93 bits per heavy atom. The van der Waals surface area contributed by atoms with Gasteiger partial charge in [0.05, 0.1) is 50.7 Å². The molecular weight excluding hydrogens is 594 g/mol. The van der Waals surface area contributed by atoms with Gasteiger partial charge in [-0.2, -0.15) is 0 Å². The van der Waals surface area contributed by atoms with Crippen LogP contribution in [0.3, 0.4) is 0 Å². The summed E-state index contributed by atoms with van der Waals surface area (Å²) in [4.78, 5) is 70.7. The maximum Gasteiger partial charge on any atom is 0.338 e. The largest absolute Gasteiger partial charge is 0.493 e. The van der Waals surface area contributed by atoms with Gasteiger partial charge in [-0.05, 0) is 49.2 Å². The fourth-order valence-electron chi connectivity index (χ4n) is 5.77. The predicted molar refractivity (Wildman–Crippen MR) is 164 cm³/mol. The molecule has 0 fully saturated rings. The van der Waals surface area contributed by atoms with Crippen LogP contribution in [-0.2, 0) is 20.7 Å². The van der Waals surface area contributed by atoms with Gasteiger partial charge in [0.1, 0.15) is 6.04 Å². The summed E-state index contributed by atoms with van der Waals surface area (Å²) in [5.74, 6) is -2.12. The number of methoxy groups -OCH3 is 3. The summed E-state index contributed by atoms with van der Waals surface area (Å²) in [5, 5.41) is 2.74. The molecule has 0 saturated carbocycles. The molecule has 0 radical (unpaired) electrons. The number of nitrogens with zero attached hydrogens (tertiary/aromatic N) is 2. The Hall–Kier alpha value is -5.65. The summed E-state index contributed by atoms with van der Waals surface area (Å²) >= 11 is 0. The number of imide groups is 2. The molecule has 12 heteroatoms. The Morgan fingerprint density at radius 1 is 0.848 bits per heavy atom. The monoisotopic (exact) mass is 627 g/mol. The van der Waals surface area contributed by atoms with Gasteiger partial charge < -0.3 is 24.3 Å². The van der Waals surface area contributed by atoms with E-state index >= 15 is 0 Å². The van der Waals surface area contributed by atoms with E-state index in [2.05, 4.69) is 5.32 Å². The molecule has 2 aliphatic rings. The molecule has 0 saturated heterocycles. The number of benzene rings is 3. The number of hydrogen-bond donors (Lipinski definition) is 1. The second-order valence-corrected chi connectivity index (χ2v) is 10.5. The van der Waals surface area contributed by atoms with Gasteiger partial charge in [0, 0.05) is 12.1 Å². The quantitative estimate of drug-likeness (QED) is 0.260. The zero-order valence-electron chi connectivity index (χ0n) is 26.0. The maximum atomic E-state index is 14.5. The second-order valence-electron chi connectivity index (χ2n) is 10.5. The van der Waals surface area contributed by atoms with Crippen molar-refractivity contribution in [1.82, 2.24) is 15.1 Å². The molecule has 0 spiro atoms. The smallest absolute Gasteiger partial charge is 0.338 e. The molecular formula is C34H33N3O9. The Kier molecular flexibility index (Phi) is 9.08. The molecule has 238 valence electrons. The van der Waals surface area contributed by atoms with Gasteiger partial charge in [0.2, 0.25) is 5.75 Å². The Bertz CT molecular complexity index is 1690. The Morgan fingerprint density at radius 2 is 1.41 bits per heavy atom. The van der Waals surface area contributed by atoms with Crippen LogP contribution in [0.4, 0.5) is 4.79 Å². The first kappa shape index (κ1) is 31.8. The molecule has 5 rings (SSSR count).